The maximum atomic E-state index is 12.7. The molecule has 1 amide bonds. The molecule has 0 spiro atoms. The average Bonchev–Trinajstić information content (AvgIpc) is 3.59. The van der Waals surface area contributed by atoms with E-state index in [0.717, 1.165) is 24.0 Å². The van der Waals surface area contributed by atoms with Gasteiger partial charge >= 0.3 is 0 Å². The van der Waals surface area contributed by atoms with E-state index in [9.17, 15) is 9.90 Å². The molecule has 1 aliphatic rings. The van der Waals surface area contributed by atoms with Gasteiger partial charge in [-0.1, -0.05) is 47.5 Å². The highest BCUT2D eigenvalue weighted by Gasteiger charge is 2.40. The summed E-state index contributed by atoms with van der Waals surface area (Å²) in [7, 11) is 0. The first-order valence-electron chi connectivity index (χ1n) is 9.73. The van der Waals surface area contributed by atoms with Gasteiger partial charge < -0.3 is 10.4 Å². The van der Waals surface area contributed by atoms with Crippen molar-refractivity contribution < 1.29 is 9.90 Å². The first kappa shape index (κ1) is 20.8. The van der Waals surface area contributed by atoms with Gasteiger partial charge in [-0.3, -0.25) is 9.78 Å². The van der Waals surface area contributed by atoms with Crippen molar-refractivity contribution in [2.75, 3.05) is 6.54 Å². The number of benzene rings is 2. The fourth-order valence-electron chi connectivity index (χ4n) is 3.33. The van der Waals surface area contributed by atoms with Gasteiger partial charge in [-0.2, -0.15) is 0 Å². The largest absolute Gasteiger partial charge is 0.388 e. The lowest BCUT2D eigenvalue weighted by molar-refractivity contribution is 0.0353. The number of aromatic nitrogens is 2. The Kier molecular flexibility index (Phi) is 5.78. The summed E-state index contributed by atoms with van der Waals surface area (Å²) in [4.78, 5) is 21.8. The summed E-state index contributed by atoms with van der Waals surface area (Å²) in [6.45, 7) is 1.92. The Labute approximate surface area is 185 Å². The maximum absolute atomic E-state index is 12.7. The van der Waals surface area contributed by atoms with Crippen LogP contribution in [0.3, 0.4) is 0 Å². The molecule has 4 rings (SSSR count). The predicted octanol–water partition coefficient (Wildman–Crippen LogP) is 5.01. The summed E-state index contributed by atoms with van der Waals surface area (Å²) >= 11 is 12.0. The zero-order valence-electron chi connectivity index (χ0n) is 16.4. The first-order chi connectivity index (χ1) is 14.3. The third kappa shape index (κ3) is 4.64. The van der Waals surface area contributed by atoms with Crippen LogP contribution in [0.4, 0.5) is 0 Å². The van der Waals surface area contributed by atoms with Crippen molar-refractivity contribution in [3.63, 3.8) is 0 Å². The Morgan fingerprint density at radius 3 is 2.10 bits per heavy atom. The molecule has 3 aromatic rings. The molecular formula is C23H21Cl2N3O2. The molecule has 1 fully saturated rings. The molecule has 5 nitrogen and oxygen atoms in total. The second-order valence-corrected chi connectivity index (χ2v) is 8.65. The summed E-state index contributed by atoms with van der Waals surface area (Å²) in [6.07, 6.45) is 3.42. The van der Waals surface area contributed by atoms with Gasteiger partial charge in [0.25, 0.3) is 5.91 Å². The van der Waals surface area contributed by atoms with Gasteiger partial charge in [-0.25, -0.2) is 4.98 Å². The van der Waals surface area contributed by atoms with Gasteiger partial charge in [0.05, 0.1) is 23.2 Å². The molecule has 30 heavy (non-hydrogen) atoms. The number of aliphatic hydroxyl groups is 1. The Morgan fingerprint density at radius 2 is 1.57 bits per heavy atom. The summed E-state index contributed by atoms with van der Waals surface area (Å²) in [5, 5.41) is 14.5. The van der Waals surface area contributed by atoms with Crippen molar-refractivity contribution in [1.29, 1.82) is 0 Å². The van der Waals surface area contributed by atoms with Crippen LogP contribution in [0.25, 0.3) is 22.5 Å². The summed E-state index contributed by atoms with van der Waals surface area (Å²) in [5.74, 6) is -0.137. The number of rotatable bonds is 6. The highest BCUT2D eigenvalue weighted by atomic mass is 35.5. The van der Waals surface area contributed by atoms with Crippen molar-refractivity contribution in [2.45, 2.75) is 25.4 Å². The van der Waals surface area contributed by atoms with Gasteiger partial charge in [-0.15, -0.1) is 0 Å². The van der Waals surface area contributed by atoms with Crippen LogP contribution in [0.2, 0.25) is 10.0 Å². The van der Waals surface area contributed by atoms with Crippen LogP contribution in [-0.2, 0) is 0 Å². The first-order valence-corrected chi connectivity index (χ1v) is 10.5. The molecule has 1 aromatic heterocycles. The summed E-state index contributed by atoms with van der Waals surface area (Å²) in [6, 6.07) is 14.5. The number of nitrogens with zero attached hydrogens (tertiary/aromatic N) is 2. The summed E-state index contributed by atoms with van der Waals surface area (Å²) in [5.41, 5.74) is 2.10. The monoisotopic (exact) mass is 441 g/mol. The third-order valence-corrected chi connectivity index (χ3v) is 5.81. The number of hydrogen-bond acceptors (Lipinski definition) is 4. The molecule has 0 aliphatic heterocycles. The third-order valence-electron chi connectivity index (χ3n) is 5.30. The minimum absolute atomic E-state index is 0.174. The van der Waals surface area contributed by atoms with E-state index in [4.69, 9.17) is 23.2 Å². The van der Waals surface area contributed by atoms with E-state index in [2.05, 4.69) is 15.3 Å². The van der Waals surface area contributed by atoms with Crippen molar-refractivity contribution in [2.24, 2.45) is 5.92 Å². The smallest absolute Gasteiger partial charge is 0.271 e. The normalized spacial score (nSPS) is 15.5. The van der Waals surface area contributed by atoms with Gasteiger partial charge in [0.1, 0.15) is 5.69 Å². The lowest BCUT2D eigenvalue weighted by Gasteiger charge is -2.23. The van der Waals surface area contributed by atoms with Crippen LogP contribution in [0, 0.1) is 5.92 Å². The van der Waals surface area contributed by atoms with Crippen LogP contribution in [0.5, 0.6) is 0 Å². The van der Waals surface area contributed by atoms with Crippen molar-refractivity contribution in [1.82, 2.24) is 15.3 Å². The number of carbonyl (C=O) groups excluding carboxylic acids is 1. The number of hydrogen-bond donors (Lipinski definition) is 2. The van der Waals surface area contributed by atoms with E-state index in [-0.39, 0.29) is 24.1 Å². The number of amides is 1. The summed E-state index contributed by atoms with van der Waals surface area (Å²) < 4.78 is 0. The molecule has 154 valence electrons. The van der Waals surface area contributed by atoms with Crippen LogP contribution < -0.4 is 5.32 Å². The van der Waals surface area contributed by atoms with Gasteiger partial charge in [0.15, 0.2) is 0 Å². The topological polar surface area (TPSA) is 75.1 Å². The molecule has 1 saturated carbocycles. The van der Waals surface area contributed by atoms with Gasteiger partial charge in [0.2, 0.25) is 0 Å². The lowest BCUT2D eigenvalue weighted by atomic mass is 10.0. The number of halogens is 2. The van der Waals surface area contributed by atoms with E-state index in [1.54, 1.807) is 31.2 Å². The van der Waals surface area contributed by atoms with Crippen LogP contribution >= 0.6 is 23.2 Å². The van der Waals surface area contributed by atoms with E-state index in [0.29, 0.717) is 21.4 Å². The Morgan fingerprint density at radius 1 is 1.03 bits per heavy atom. The second-order valence-electron chi connectivity index (χ2n) is 7.78. The fraction of sp³-hybridized carbons (Fsp3) is 0.261. The zero-order valence-corrected chi connectivity index (χ0v) is 17.9. The second kappa shape index (κ2) is 8.34. The molecule has 0 bridgehead atoms. The highest BCUT2D eigenvalue weighted by molar-refractivity contribution is 6.31. The lowest BCUT2D eigenvalue weighted by Crippen LogP contribution is -2.42. The van der Waals surface area contributed by atoms with Crippen molar-refractivity contribution >= 4 is 29.1 Å². The number of carbonyl (C=O) groups is 1. The minimum Gasteiger partial charge on any atom is -0.388 e. The zero-order chi connectivity index (χ0) is 21.3. The van der Waals surface area contributed by atoms with E-state index in [1.165, 1.54) is 6.20 Å². The van der Waals surface area contributed by atoms with Crippen LogP contribution in [0.1, 0.15) is 30.3 Å². The molecular weight excluding hydrogens is 421 g/mol. The van der Waals surface area contributed by atoms with Gasteiger partial charge in [0, 0.05) is 27.7 Å². The molecule has 1 heterocycles. The Bertz CT molecular complexity index is 1060. The van der Waals surface area contributed by atoms with Crippen LogP contribution in [-0.4, -0.2) is 33.1 Å². The molecule has 0 unspecified atom stereocenters. The van der Waals surface area contributed by atoms with Crippen LogP contribution in [0.15, 0.2) is 54.7 Å². The molecule has 1 atom stereocenters. The molecule has 1 aliphatic carbocycles. The molecule has 7 heteroatoms. The van der Waals surface area contributed by atoms with E-state index >= 15 is 0 Å². The molecule has 2 N–H and O–H groups in total. The Hall–Kier alpha value is -2.47. The molecule has 0 radical (unpaired) electrons. The number of nitrogens with one attached hydrogen (secondary N) is 1. The predicted molar refractivity (Wildman–Crippen MR) is 119 cm³/mol. The SMILES string of the molecule is C[C@@](O)(CNC(=O)c1cnc(-c2ccc(Cl)cc2)c(-c2ccc(Cl)cc2)n1)C1CC1. The maximum Gasteiger partial charge on any atom is 0.271 e. The van der Waals surface area contributed by atoms with Crippen molar-refractivity contribution in [3.05, 3.63) is 70.5 Å². The Balaban J connectivity index is 1.67. The fourth-order valence-corrected chi connectivity index (χ4v) is 3.58. The molecule has 0 saturated heterocycles. The van der Waals surface area contributed by atoms with E-state index < -0.39 is 5.60 Å². The van der Waals surface area contributed by atoms with Gasteiger partial charge in [-0.05, 0) is 49.9 Å². The molecule has 2 aromatic carbocycles. The standard InChI is InChI=1S/C23H21Cl2N3O2/c1-23(30,16-6-7-16)13-27-22(29)19-12-26-20(14-2-8-17(24)9-3-14)21(28-19)15-4-10-18(25)11-5-15/h2-5,8-12,16,30H,6-7,13H2,1H3,(H,27,29)/t23-/m1/s1. The van der Waals surface area contributed by atoms with Crippen molar-refractivity contribution in [3.8, 4) is 22.5 Å². The highest BCUT2D eigenvalue weighted by Crippen LogP contribution is 2.39. The minimum atomic E-state index is -0.911. The van der Waals surface area contributed by atoms with E-state index in [1.807, 2.05) is 24.3 Å². The quantitative estimate of drug-likeness (QED) is 0.563. The average molecular weight is 442 g/mol.